The van der Waals surface area contributed by atoms with Gasteiger partial charge < -0.3 is 15.1 Å². The standard InChI is InChI=1S/C20H20ClNO4/c21-17-7-5-13(6-8-17)18(23)14-9-11-22(12-10-14)19(24)15-1-3-16(4-2-15)20(25)26/h1-8,14,18,23H,9-12H2,(H,25,26)/t18-/m0/s1. The number of rotatable bonds is 4. The van der Waals surface area contributed by atoms with E-state index in [0.29, 0.717) is 36.5 Å². The van der Waals surface area contributed by atoms with Crippen LogP contribution in [0.3, 0.4) is 0 Å². The summed E-state index contributed by atoms with van der Waals surface area (Å²) < 4.78 is 0. The molecular weight excluding hydrogens is 354 g/mol. The van der Waals surface area contributed by atoms with Gasteiger partial charge >= 0.3 is 5.97 Å². The molecule has 1 saturated heterocycles. The Hall–Kier alpha value is -2.37. The minimum atomic E-state index is -1.01. The number of aliphatic hydroxyl groups excluding tert-OH is 1. The fourth-order valence-electron chi connectivity index (χ4n) is 3.29. The molecule has 1 fully saturated rings. The Labute approximate surface area is 156 Å². The molecule has 1 heterocycles. The number of carbonyl (C=O) groups excluding carboxylic acids is 1. The third-order valence-electron chi connectivity index (χ3n) is 4.86. The second-order valence-corrected chi connectivity index (χ2v) is 6.94. The van der Waals surface area contributed by atoms with Crippen molar-refractivity contribution in [3.63, 3.8) is 0 Å². The average Bonchev–Trinajstić information content (AvgIpc) is 2.67. The highest BCUT2D eigenvalue weighted by Crippen LogP contribution is 2.31. The summed E-state index contributed by atoms with van der Waals surface area (Å²) in [5.74, 6) is -1.03. The van der Waals surface area contributed by atoms with Crippen LogP contribution in [0.2, 0.25) is 5.02 Å². The summed E-state index contributed by atoms with van der Waals surface area (Å²) in [5, 5.41) is 20.1. The summed E-state index contributed by atoms with van der Waals surface area (Å²) in [7, 11) is 0. The van der Waals surface area contributed by atoms with Crippen LogP contribution in [0.15, 0.2) is 48.5 Å². The predicted molar refractivity (Wildman–Crippen MR) is 98.4 cm³/mol. The van der Waals surface area contributed by atoms with Crippen LogP contribution in [0.4, 0.5) is 0 Å². The van der Waals surface area contributed by atoms with Crippen LogP contribution >= 0.6 is 11.6 Å². The molecule has 136 valence electrons. The van der Waals surface area contributed by atoms with Crippen LogP contribution in [0.5, 0.6) is 0 Å². The normalized spacial score (nSPS) is 16.3. The fraction of sp³-hybridized carbons (Fsp3) is 0.300. The minimum Gasteiger partial charge on any atom is -0.478 e. The highest BCUT2D eigenvalue weighted by Gasteiger charge is 2.28. The largest absolute Gasteiger partial charge is 0.478 e. The second kappa shape index (κ2) is 7.89. The van der Waals surface area contributed by atoms with Crippen LogP contribution in [-0.2, 0) is 0 Å². The average molecular weight is 374 g/mol. The molecule has 1 aliphatic rings. The Morgan fingerprint density at radius 3 is 2.04 bits per heavy atom. The number of aromatic carboxylic acids is 1. The maximum atomic E-state index is 12.6. The lowest BCUT2D eigenvalue weighted by Gasteiger charge is -2.34. The lowest BCUT2D eigenvalue weighted by Crippen LogP contribution is -2.39. The van der Waals surface area contributed by atoms with Crippen LogP contribution < -0.4 is 0 Å². The van der Waals surface area contributed by atoms with Gasteiger partial charge in [-0.05, 0) is 60.7 Å². The number of likely N-dealkylation sites (tertiary alicyclic amines) is 1. The van der Waals surface area contributed by atoms with Crippen molar-refractivity contribution in [1.29, 1.82) is 0 Å². The van der Waals surface area contributed by atoms with Crippen LogP contribution in [0.25, 0.3) is 0 Å². The van der Waals surface area contributed by atoms with E-state index in [-0.39, 0.29) is 17.4 Å². The summed E-state index contributed by atoms with van der Waals surface area (Å²) in [4.78, 5) is 25.2. The number of carbonyl (C=O) groups is 2. The van der Waals surface area contributed by atoms with Gasteiger partial charge in [-0.3, -0.25) is 4.79 Å². The molecule has 26 heavy (non-hydrogen) atoms. The number of benzene rings is 2. The highest BCUT2D eigenvalue weighted by molar-refractivity contribution is 6.30. The number of halogens is 1. The van der Waals surface area contributed by atoms with Gasteiger partial charge in [-0.1, -0.05) is 23.7 Å². The zero-order valence-corrected chi connectivity index (χ0v) is 14.9. The molecule has 2 N–H and O–H groups in total. The van der Waals surface area contributed by atoms with Crippen molar-refractivity contribution in [2.24, 2.45) is 5.92 Å². The van der Waals surface area contributed by atoms with E-state index in [1.54, 1.807) is 29.2 Å². The number of carboxylic acids is 1. The first kappa shape index (κ1) is 18.4. The lowest BCUT2D eigenvalue weighted by atomic mass is 9.87. The topological polar surface area (TPSA) is 77.8 Å². The summed E-state index contributed by atoms with van der Waals surface area (Å²) in [5.41, 5.74) is 1.47. The lowest BCUT2D eigenvalue weighted by molar-refractivity contribution is 0.0462. The van der Waals surface area contributed by atoms with Crippen molar-refractivity contribution in [2.45, 2.75) is 18.9 Å². The number of piperidine rings is 1. The number of carboxylic acid groups (broad SMARTS) is 1. The number of aliphatic hydroxyl groups is 1. The molecule has 0 aromatic heterocycles. The Kier molecular flexibility index (Phi) is 5.59. The zero-order chi connectivity index (χ0) is 18.7. The molecule has 0 aliphatic carbocycles. The SMILES string of the molecule is O=C(O)c1ccc(C(=O)N2CCC([C@@H](O)c3ccc(Cl)cc3)CC2)cc1. The smallest absolute Gasteiger partial charge is 0.335 e. The summed E-state index contributed by atoms with van der Waals surface area (Å²) >= 11 is 5.88. The van der Waals surface area contributed by atoms with Gasteiger partial charge in [0.1, 0.15) is 0 Å². The van der Waals surface area contributed by atoms with E-state index in [4.69, 9.17) is 16.7 Å². The monoisotopic (exact) mass is 373 g/mol. The molecule has 1 aliphatic heterocycles. The van der Waals surface area contributed by atoms with Gasteiger partial charge in [-0.25, -0.2) is 4.79 Å². The number of hydrogen-bond acceptors (Lipinski definition) is 3. The Morgan fingerprint density at radius 2 is 1.50 bits per heavy atom. The summed E-state index contributed by atoms with van der Waals surface area (Å²) in [6.45, 7) is 1.13. The van der Waals surface area contributed by atoms with E-state index in [9.17, 15) is 14.7 Å². The van der Waals surface area contributed by atoms with Gasteiger partial charge in [0.05, 0.1) is 11.7 Å². The van der Waals surface area contributed by atoms with Crippen molar-refractivity contribution in [2.75, 3.05) is 13.1 Å². The summed E-state index contributed by atoms with van der Waals surface area (Å²) in [6, 6.07) is 13.1. The molecule has 0 radical (unpaired) electrons. The van der Waals surface area contributed by atoms with Crippen LogP contribution in [0, 0.1) is 5.92 Å². The maximum absolute atomic E-state index is 12.6. The van der Waals surface area contributed by atoms with Gasteiger partial charge in [0.25, 0.3) is 5.91 Å². The van der Waals surface area contributed by atoms with Crippen molar-refractivity contribution >= 4 is 23.5 Å². The molecule has 3 rings (SSSR count). The van der Waals surface area contributed by atoms with Gasteiger partial charge in [-0.15, -0.1) is 0 Å². The minimum absolute atomic E-state index is 0.0922. The first-order valence-electron chi connectivity index (χ1n) is 8.52. The second-order valence-electron chi connectivity index (χ2n) is 6.51. The van der Waals surface area contributed by atoms with Crippen LogP contribution in [0.1, 0.15) is 45.2 Å². The molecule has 5 nitrogen and oxygen atoms in total. The van der Waals surface area contributed by atoms with E-state index in [0.717, 1.165) is 5.56 Å². The number of hydrogen-bond donors (Lipinski definition) is 2. The zero-order valence-electron chi connectivity index (χ0n) is 14.1. The molecule has 0 spiro atoms. The third kappa shape index (κ3) is 4.06. The molecule has 6 heteroatoms. The highest BCUT2D eigenvalue weighted by atomic mass is 35.5. The molecule has 1 atom stereocenters. The molecule has 0 bridgehead atoms. The molecular formula is C20H20ClNO4. The number of nitrogens with zero attached hydrogens (tertiary/aromatic N) is 1. The number of amides is 1. The van der Waals surface area contributed by atoms with E-state index in [1.807, 2.05) is 12.1 Å². The van der Waals surface area contributed by atoms with Gasteiger partial charge in [0.2, 0.25) is 0 Å². The van der Waals surface area contributed by atoms with Gasteiger partial charge in [0.15, 0.2) is 0 Å². The molecule has 2 aromatic carbocycles. The first-order valence-corrected chi connectivity index (χ1v) is 8.89. The van der Waals surface area contributed by atoms with Crippen molar-refractivity contribution < 1.29 is 19.8 Å². The fourth-order valence-corrected chi connectivity index (χ4v) is 3.41. The van der Waals surface area contributed by atoms with E-state index < -0.39 is 12.1 Å². The van der Waals surface area contributed by atoms with E-state index in [1.165, 1.54) is 12.1 Å². The van der Waals surface area contributed by atoms with Crippen molar-refractivity contribution in [3.05, 3.63) is 70.2 Å². The Morgan fingerprint density at radius 1 is 0.962 bits per heavy atom. The molecule has 0 unspecified atom stereocenters. The third-order valence-corrected chi connectivity index (χ3v) is 5.12. The molecule has 1 amide bonds. The maximum Gasteiger partial charge on any atom is 0.335 e. The first-order chi connectivity index (χ1) is 12.5. The Bertz CT molecular complexity index is 780. The van der Waals surface area contributed by atoms with E-state index in [2.05, 4.69) is 0 Å². The Balaban J connectivity index is 1.59. The predicted octanol–water partition coefficient (Wildman–Crippen LogP) is 3.62. The molecule has 2 aromatic rings. The van der Waals surface area contributed by atoms with Gasteiger partial charge in [-0.2, -0.15) is 0 Å². The van der Waals surface area contributed by atoms with Gasteiger partial charge in [0, 0.05) is 23.7 Å². The van der Waals surface area contributed by atoms with Crippen molar-refractivity contribution in [1.82, 2.24) is 4.90 Å². The summed E-state index contributed by atoms with van der Waals surface area (Å²) in [6.07, 6.45) is 0.852. The van der Waals surface area contributed by atoms with Crippen LogP contribution in [-0.4, -0.2) is 40.1 Å². The molecule has 0 saturated carbocycles. The van der Waals surface area contributed by atoms with E-state index >= 15 is 0 Å². The van der Waals surface area contributed by atoms with Crippen molar-refractivity contribution in [3.8, 4) is 0 Å². The quantitative estimate of drug-likeness (QED) is 0.857.